The summed E-state index contributed by atoms with van der Waals surface area (Å²) in [6.45, 7) is 0.317. The van der Waals surface area contributed by atoms with Crippen molar-refractivity contribution in [1.29, 1.82) is 0 Å². The molecular weight excluding hydrogens is 286 g/mol. The number of halogens is 3. The molecule has 0 amide bonds. The van der Waals surface area contributed by atoms with Crippen LogP contribution in [-0.2, 0) is 0 Å². The topological polar surface area (TPSA) is 66.6 Å². The van der Waals surface area contributed by atoms with Gasteiger partial charge < -0.3 is 0 Å². The summed E-state index contributed by atoms with van der Waals surface area (Å²) in [5, 5.41) is -0.00782. The lowest BCUT2D eigenvalue weighted by atomic mass is 10.4. The standard InChI is InChI=1S/C8H4Cl3N6/c9-7-14-5(15-8(10)16-7)1-2-6-13-3-12-4-17(6)11/h2-3H,4H2. The van der Waals surface area contributed by atoms with Crippen molar-refractivity contribution < 1.29 is 0 Å². The van der Waals surface area contributed by atoms with E-state index in [9.17, 15) is 0 Å². The van der Waals surface area contributed by atoms with Crippen LogP contribution in [-0.4, -0.2) is 38.2 Å². The smallest absolute Gasteiger partial charge is 0.227 e. The van der Waals surface area contributed by atoms with E-state index < -0.39 is 0 Å². The van der Waals surface area contributed by atoms with Gasteiger partial charge in [-0.15, -0.1) is 0 Å². The molecule has 1 aliphatic heterocycles. The van der Waals surface area contributed by atoms with E-state index >= 15 is 0 Å². The molecule has 0 fully saturated rings. The minimum absolute atomic E-state index is 0.00391. The van der Waals surface area contributed by atoms with Crippen LogP contribution in [0.2, 0.25) is 10.6 Å². The molecule has 0 spiro atoms. The normalized spacial score (nSPS) is 15.5. The molecule has 0 unspecified atom stereocenters. The lowest BCUT2D eigenvalue weighted by molar-refractivity contribution is 0.671. The van der Waals surface area contributed by atoms with Crippen LogP contribution in [0.15, 0.2) is 16.1 Å². The van der Waals surface area contributed by atoms with E-state index in [4.69, 9.17) is 35.0 Å². The van der Waals surface area contributed by atoms with Crippen molar-refractivity contribution in [3.8, 4) is 0 Å². The molecule has 17 heavy (non-hydrogen) atoms. The Hall–Kier alpha value is -1.24. The van der Waals surface area contributed by atoms with Gasteiger partial charge in [-0.1, -0.05) is 0 Å². The Labute approximate surface area is 112 Å². The van der Waals surface area contributed by atoms with E-state index in [1.54, 1.807) is 0 Å². The molecular formula is C8H4Cl3N6. The average Bonchev–Trinajstić information content (AvgIpc) is 2.27. The number of rotatable bonds is 2. The van der Waals surface area contributed by atoms with Gasteiger partial charge in [0.1, 0.15) is 18.8 Å². The molecule has 1 aromatic heterocycles. The van der Waals surface area contributed by atoms with Gasteiger partial charge in [-0.05, 0) is 29.3 Å². The van der Waals surface area contributed by atoms with Gasteiger partial charge in [-0.25, -0.2) is 9.41 Å². The fraction of sp³-hybridized carbons (Fsp3) is 0.125. The zero-order valence-electron chi connectivity index (χ0n) is 8.18. The van der Waals surface area contributed by atoms with Crippen LogP contribution in [0.4, 0.5) is 0 Å². The molecule has 0 bridgehead atoms. The van der Waals surface area contributed by atoms with E-state index in [1.807, 2.05) is 0 Å². The Kier molecular flexibility index (Phi) is 3.88. The molecule has 0 atom stereocenters. The lowest BCUT2D eigenvalue weighted by Gasteiger charge is -2.14. The van der Waals surface area contributed by atoms with Crippen LogP contribution in [0.1, 0.15) is 5.82 Å². The molecule has 6 nitrogen and oxygen atoms in total. The lowest BCUT2D eigenvalue weighted by Crippen LogP contribution is -2.22. The van der Waals surface area contributed by atoms with Crippen molar-refractivity contribution in [1.82, 2.24) is 19.4 Å². The molecule has 0 aromatic carbocycles. The summed E-state index contributed by atoms with van der Waals surface area (Å²) < 4.78 is 1.32. The fourth-order valence-electron chi connectivity index (χ4n) is 0.970. The number of aromatic nitrogens is 3. The molecule has 0 saturated carbocycles. The summed E-state index contributed by atoms with van der Waals surface area (Å²) in [6.07, 6.45) is 5.65. The van der Waals surface area contributed by atoms with Crippen molar-refractivity contribution in [2.45, 2.75) is 0 Å². The summed E-state index contributed by atoms with van der Waals surface area (Å²) in [6, 6.07) is 0. The van der Waals surface area contributed by atoms with Crippen LogP contribution in [0.3, 0.4) is 0 Å². The first-order valence-electron chi connectivity index (χ1n) is 4.31. The third kappa shape index (κ3) is 3.36. The van der Waals surface area contributed by atoms with E-state index in [0.29, 0.717) is 12.5 Å². The summed E-state index contributed by atoms with van der Waals surface area (Å²) in [5.74, 6) is 0.666. The second-order valence-corrected chi connectivity index (χ2v) is 3.86. The monoisotopic (exact) mass is 289 g/mol. The van der Waals surface area contributed by atoms with Crippen molar-refractivity contribution >= 4 is 47.2 Å². The zero-order chi connectivity index (χ0) is 12.3. The number of aliphatic imine (C=N–C) groups is 2. The Morgan fingerprint density at radius 3 is 2.59 bits per heavy atom. The van der Waals surface area contributed by atoms with Crippen molar-refractivity contribution in [2.24, 2.45) is 9.98 Å². The third-order valence-electron chi connectivity index (χ3n) is 1.64. The van der Waals surface area contributed by atoms with E-state index in [1.165, 1.54) is 16.8 Å². The molecule has 9 heteroatoms. The largest absolute Gasteiger partial charge is 0.251 e. The first-order chi connectivity index (χ1) is 8.15. The van der Waals surface area contributed by atoms with Crippen molar-refractivity contribution in [3.63, 3.8) is 0 Å². The predicted molar refractivity (Wildman–Crippen MR) is 65.2 cm³/mol. The van der Waals surface area contributed by atoms with Gasteiger partial charge in [0.05, 0.1) is 0 Å². The predicted octanol–water partition coefficient (Wildman–Crippen LogP) is 1.74. The summed E-state index contributed by atoms with van der Waals surface area (Å²) in [7, 11) is 0. The number of hydrogen-bond acceptors (Lipinski definition) is 6. The van der Waals surface area contributed by atoms with E-state index in [2.05, 4.69) is 31.0 Å². The summed E-state index contributed by atoms with van der Waals surface area (Å²) in [4.78, 5) is 19.0. The highest BCUT2D eigenvalue weighted by molar-refractivity contribution is 6.31. The van der Waals surface area contributed by atoms with Gasteiger partial charge in [0.15, 0.2) is 5.82 Å². The first kappa shape index (κ1) is 12.2. The van der Waals surface area contributed by atoms with Crippen LogP contribution in [0.25, 0.3) is 0 Å². The second-order valence-electron chi connectivity index (χ2n) is 2.77. The number of amidine groups is 1. The SMILES string of the molecule is Clc1nc(Cl)nc([C]=CC2=NC=NCN2Cl)n1. The van der Waals surface area contributed by atoms with Gasteiger partial charge in [-0.3, -0.25) is 4.99 Å². The molecule has 1 radical (unpaired) electrons. The summed E-state index contributed by atoms with van der Waals surface area (Å²) >= 11 is 17.0. The van der Waals surface area contributed by atoms with Crippen molar-refractivity contribution in [2.75, 3.05) is 6.67 Å². The van der Waals surface area contributed by atoms with E-state index in [0.717, 1.165) is 0 Å². The highest BCUT2D eigenvalue weighted by atomic mass is 35.5. The molecule has 1 aromatic rings. The van der Waals surface area contributed by atoms with Crippen LogP contribution >= 0.6 is 35.0 Å². The van der Waals surface area contributed by atoms with Crippen molar-refractivity contribution in [3.05, 3.63) is 28.5 Å². The van der Waals surface area contributed by atoms with Gasteiger partial charge >= 0.3 is 0 Å². The zero-order valence-corrected chi connectivity index (χ0v) is 10.4. The quantitative estimate of drug-likeness (QED) is 0.778. The van der Waals surface area contributed by atoms with Crippen LogP contribution < -0.4 is 0 Å². The van der Waals surface area contributed by atoms with Crippen LogP contribution in [0, 0.1) is 6.08 Å². The maximum absolute atomic E-state index is 5.82. The molecule has 87 valence electrons. The van der Waals surface area contributed by atoms with E-state index in [-0.39, 0.29) is 16.4 Å². The van der Waals surface area contributed by atoms with Gasteiger partial charge in [0.2, 0.25) is 10.6 Å². The van der Waals surface area contributed by atoms with Crippen LogP contribution in [0.5, 0.6) is 0 Å². The van der Waals surface area contributed by atoms with Gasteiger partial charge in [0, 0.05) is 17.9 Å². The highest BCUT2D eigenvalue weighted by Crippen LogP contribution is 2.07. The average molecular weight is 291 g/mol. The highest BCUT2D eigenvalue weighted by Gasteiger charge is 2.08. The first-order valence-corrected chi connectivity index (χ1v) is 5.41. The molecule has 0 aliphatic carbocycles. The molecule has 1 aliphatic rings. The molecule has 2 heterocycles. The minimum atomic E-state index is -0.00391. The fourth-order valence-corrected chi connectivity index (χ4v) is 1.49. The Morgan fingerprint density at radius 2 is 1.94 bits per heavy atom. The maximum Gasteiger partial charge on any atom is 0.227 e. The second kappa shape index (κ2) is 5.39. The Balaban J connectivity index is 2.20. The molecule has 2 rings (SSSR count). The maximum atomic E-state index is 5.82. The summed E-state index contributed by atoms with van der Waals surface area (Å²) in [5.41, 5.74) is 0. The van der Waals surface area contributed by atoms with Gasteiger partial charge in [-0.2, -0.15) is 15.0 Å². The third-order valence-corrected chi connectivity index (χ3v) is 2.26. The number of nitrogens with zero attached hydrogens (tertiary/aromatic N) is 6. The Bertz CT molecular complexity index is 492. The van der Waals surface area contributed by atoms with Gasteiger partial charge in [0.25, 0.3) is 0 Å². The minimum Gasteiger partial charge on any atom is -0.251 e. The molecule has 0 saturated heterocycles. The number of hydrogen-bond donors (Lipinski definition) is 0. The Morgan fingerprint density at radius 1 is 1.24 bits per heavy atom. The molecule has 0 N–H and O–H groups in total.